The van der Waals surface area contributed by atoms with E-state index in [-0.39, 0.29) is 6.42 Å². The molecule has 0 aromatic heterocycles. The van der Waals surface area contributed by atoms with Gasteiger partial charge in [0.05, 0.1) is 0 Å². The average molecular weight is 299 g/mol. The summed E-state index contributed by atoms with van der Waals surface area (Å²) in [7, 11) is 4.10. The monoisotopic (exact) mass is 299 g/mol. The highest BCUT2D eigenvalue weighted by atomic mass is 32.2. The van der Waals surface area contributed by atoms with Gasteiger partial charge in [-0.1, -0.05) is 12.8 Å². The smallest absolute Gasteiger partial charge is 0.309 e. The van der Waals surface area contributed by atoms with Gasteiger partial charge in [0, 0.05) is 6.42 Å². The van der Waals surface area contributed by atoms with Crippen LogP contribution < -0.4 is 0 Å². The zero-order valence-corrected chi connectivity index (χ0v) is 12.6. The normalized spacial score (nSPS) is 12.1. The molecule has 0 N–H and O–H groups in total. The molecule has 0 spiro atoms. The molecular weight excluding hydrogens is 275 g/mol. The number of hydrogen-bond acceptors (Lipinski definition) is 3. The van der Waals surface area contributed by atoms with Crippen LogP contribution in [0.5, 0.6) is 0 Å². The Kier molecular flexibility index (Phi) is 10.4. The summed E-state index contributed by atoms with van der Waals surface area (Å²) in [6.45, 7) is 1.09. The van der Waals surface area contributed by atoms with Crippen molar-refractivity contribution in [2.45, 2.75) is 44.7 Å². The first-order chi connectivity index (χ1) is 8.84. The quantitative estimate of drug-likeness (QED) is 0.542. The number of rotatable bonds is 11. The van der Waals surface area contributed by atoms with Crippen LogP contribution in [0.2, 0.25) is 0 Å². The van der Waals surface area contributed by atoms with E-state index in [4.69, 9.17) is 0 Å². The Morgan fingerprint density at radius 1 is 1.00 bits per heavy atom. The van der Waals surface area contributed by atoms with Crippen LogP contribution in [0.25, 0.3) is 0 Å². The fourth-order valence-electron chi connectivity index (χ4n) is 1.57. The summed E-state index contributed by atoms with van der Waals surface area (Å²) in [6.07, 6.45) is -0.859. The highest BCUT2D eigenvalue weighted by Gasteiger charge is 2.36. The summed E-state index contributed by atoms with van der Waals surface area (Å²) in [4.78, 5) is 12.7. The average Bonchev–Trinajstić information content (AvgIpc) is 2.29. The van der Waals surface area contributed by atoms with Crippen LogP contribution in [-0.2, 0) is 4.79 Å². The fourth-order valence-corrected chi connectivity index (χ4v) is 2.52. The van der Waals surface area contributed by atoms with Gasteiger partial charge >= 0.3 is 6.18 Å². The number of thioether (sulfide) groups is 1. The van der Waals surface area contributed by atoms with Crippen LogP contribution in [0.3, 0.4) is 0 Å². The van der Waals surface area contributed by atoms with Gasteiger partial charge in [0.2, 0.25) is 5.78 Å². The highest BCUT2D eigenvalue weighted by Crippen LogP contribution is 2.19. The molecule has 0 aliphatic heterocycles. The molecule has 0 rings (SSSR count). The molecule has 0 aromatic rings. The minimum Gasteiger partial charge on any atom is -0.309 e. The van der Waals surface area contributed by atoms with Crippen molar-refractivity contribution in [2.75, 3.05) is 32.1 Å². The van der Waals surface area contributed by atoms with Crippen molar-refractivity contribution in [1.29, 1.82) is 0 Å². The minimum atomic E-state index is -4.65. The Balaban J connectivity index is 3.22. The third-order valence-corrected chi connectivity index (χ3v) is 3.81. The summed E-state index contributed by atoms with van der Waals surface area (Å²) in [6, 6.07) is 0. The number of carbonyl (C=O) groups excluding carboxylic acids is 1. The third kappa shape index (κ3) is 12.5. The number of carbonyl (C=O) groups is 1. The number of ketones is 1. The van der Waals surface area contributed by atoms with Crippen molar-refractivity contribution < 1.29 is 18.0 Å². The molecule has 114 valence electrons. The second kappa shape index (κ2) is 10.5. The maximum Gasteiger partial charge on any atom is 0.449 e. The number of hydrogen-bond donors (Lipinski definition) is 0. The predicted octanol–water partition coefficient (Wildman–Crippen LogP) is 3.75. The lowest BCUT2D eigenvalue weighted by atomic mass is 10.1. The van der Waals surface area contributed by atoms with Crippen molar-refractivity contribution in [1.82, 2.24) is 4.90 Å². The van der Waals surface area contributed by atoms with E-state index in [1.54, 1.807) is 0 Å². The maximum absolute atomic E-state index is 11.9. The second-order valence-electron chi connectivity index (χ2n) is 4.85. The second-order valence-corrected chi connectivity index (χ2v) is 6.08. The van der Waals surface area contributed by atoms with Crippen molar-refractivity contribution in [3.05, 3.63) is 0 Å². The van der Waals surface area contributed by atoms with Gasteiger partial charge in [-0.05, 0) is 51.4 Å². The van der Waals surface area contributed by atoms with E-state index < -0.39 is 12.0 Å². The Morgan fingerprint density at radius 2 is 1.58 bits per heavy atom. The topological polar surface area (TPSA) is 20.3 Å². The van der Waals surface area contributed by atoms with E-state index in [1.807, 2.05) is 25.9 Å². The van der Waals surface area contributed by atoms with Gasteiger partial charge in [-0.25, -0.2) is 0 Å². The minimum absolute atomic E-state index is 0.351. The zero-order valence-electron chi connectivity index (χ0n) is 11.8. The lowest BCUT2D eigenvalue weighted by Crippen LogP contribution is -2.22. The molecule has 0 aliphatic rings. The molecule has 0 unspecified atom stereocenters. The third-order valence-electron chi connectivity index (χ3n) is 2.65. The molecule has 0 atom stereocenters. The molecular formula is C13H24F3NOS. The van der Waals surface area contributed by atoms with E-state index in [0.717, 1.165) is 37.3 Å². The van der Waals surface area contributed by atoms with Crippen molar-refractivity contribution in [2.24, 2.45) is 0 Å². The lowest BCUT2D eigenvalue weighted by molar-refractivity contribution is -0.171. The zero-order chi connectivity index (χ0) is 14.7. The summed E-state index contributed by atoms with van der Waals surface area (Å²) >= 11 is 1.89. The SMILES string of the molecule is CN(C)CCCSCCCCCCC(=O)C(F)(F)F. The number of alkyl halides is 3. The summed E-state index contributed by atoms with van der Waals surface area (Å²) in [5.41, 5.74) is 0. The number of nitrogens with zero attached hydrogens (tertiary/aromatic N) is 1. The molecule has 0 bridgehead atoms. The summed E-state index contributed by atoms with van der Waals surface area (Å²) in [5.74, 6) is 0.594. The van der Waals surface area contributed by atoms with Crippen LogP contribution in [0, 0.1) is 0 Å². The standard InChI is InChI=1S/C13H24F3NOS/c1-17(2)9-7-11-19-10-6-4-3-5-8-12(18)13(14,15)16/h3-11H2,1-2H3. The molecule has 0 radical (unpaired) electrons. The largest absolute Gasteiger partial charge is 0.449 e. The van der Waals surface area contributed by atoms with E-state index in [2.05, 4.69) is 4.90 Å². The van der Waals surface area contributed by atoms with Gasteiger partial charge in [-0.15, -0.1) is 0 Å². The maximum atomic E-state index is 11.9. The first-order valence-electron chi connectivity index (χ1n) is 6.66. The van der Waals surface area contributed by atoms with Gasteiger partial charge in [0.1, 0.15) is 0 Å². The van der Waals surface area contributed by atoms with Crippen LogP contribution in [-0.4, -0.2) is 49.0 Å². The first kappa shape index (κ1) is 18.8. The Hall–Kier alpha value is -0.230. The molecule has 0 heterocycles. The van der Waals surface area contributed by atoms with E-state index in [1.165, 1.54) is 0 Å². The number of Topliss-reactive ketones (excluding diaryl/α,β-unsaturated/α-hetero) is 1. The van der Waals surface area contributed by atoms with Crippen LogP contribution in [0.15, 0.2) is 0 Å². The van der Waals surface area contributed by atoms with Crippen LogP contribution in [0.1, 0.15) is 38.5 Å². The van der Waals surface area contributed by atoms with Gasteiger partial charge in [0.15, 0.2) is 0 Å². The van der Waals surface area contributed by atoms with Crippen LogP contribution in [0.4, 0.5) is 13.2 Å². The highest BCUT2D eigenvalue weighted by molar-refractivity contribution is 7.99. The Labute approximate surface area is 118 Å². The van der Waals surface area contributed by atoms with Gasteiger partial charge in [0.25, 0.3) is 0 Å². The molecule has 0 aliphatic carbocycles. The Morgan fingerprint density at radius 3 is 2.16 bits per heavy atom. The number of halogens is 3. The van der Waals surface area contributed by atoms with Gasteiger partial charge in [-0.2, -0.15) is 24.9 Å². The molecule has 2 nitrogen and oxygen atoms in total. The molecule has 0 amide bonds. The van der Waals surface area contributed by atoms with Crippen molar-refractivity contribution >= 4 is 17.5 Å². The van der Waals surface area contributed by atoms with E-state index in [9.17, 15) is 18.0 Å². The first-order valence-corrected chi connectivity index (χ1v) is 7.82. The molecule has 6 heteroatoms. The van der Waals surface area contributed by atoms with Crippen molar-refractivity contribution in [3.8, 4) is 0 Å². The predicted molar refractivity (Wildman–Crippen MR) is 74.6 cm³/mol. The van der Waals surface area contributed by atoms with Crippen molar-refractivity contribution in [3.63, 3.8) is 0 Å². The summed E-state index contributed by atoms with van der Waals surface area (Å²) < 4.78 is 35.7. The van der Waals surface area contributed by atoms with E-state index in [0.29, 0.717) is 12.8 Å². The molecule has 0 saturated carbocycles. The van der Waals surface area contributed by atoms with Gasteiger partial charge < -0.3 is 4.90 Å². The molecule has 0 saturated heterocycles. The Bertz CT molecular complexity index is 245. The van der Waals surface area contributed by atoms with E-state index >= 15 is 0 Å². The van der Waals surface area contributed by atoms with Gasteiger partial charge in [-0.3, -0.25) is 4.79 Å². The fraction of sp³-hybridized carbons (Fsp3) is 0.923. The van der Waals surface area contributed by atoms with Crippen LogP contribution >= 0.6 is 11.8 Å². The summed E-state index contributed by atoms with van der Waals surface area (Å²) in [5, 5.41) is 0. The lowest BCUT2D eigenvalue weighted by Gasteiger charge is -2.08. The molecule has 19 heavy (non-hydrogen) atoms. The molecule has 0 fully saturated rings. The molecule has 0 aromatic carbocycles. The number of unbranched alkanes of at least 4 members (excludes halogenated alkanes) is 3.